The lowest BCUT2D eigenvalue weighted by molar-refractivity contribution is -0.160. The number of nitrogens with zero attached hydrogens (tertiary/aromatic N) is 1. The third-order valence-corrected chi connectivity index (χ3v) is 6.15. The standard InChI is InChI=1S/C27H29NO4/c1-27(2,3)32-25(26(29)30)24-19-7-4-12-28-21(19)15-20(16-8-9-16)23(24)18-10-11-22-17(14-18)6-5-13-31-22/h4,7,10-12,14-16,25H,5-6,8-9,13H2,1-3H3,(H,29,30). The van der Waals surface area contributed by atoms with Gasteiger partial charge < -0.3 is 14.6 Å². The van der Waals surface area contributed by atoms with E-state index in [-0.39, 0.29) is 0 Å². The van der Waals surface area contributed by atoms with Crippen LogP contribution in [-0.4, -0.2) is 28.3 Å². The summed E-state index contributed by atoms with van der Waals surface area (Å²) in [4.78, 5) is 17.2. The Hall–Kier alpha value is -2.92. The molecule has 3 aromatic rings. The molecular weight excluding hydrogens is 402 g/mol. The van der Waals surface area contributed by atoms with Gasteiger partial charge in [-0.25, -0.2) is 4.79 Å². The normalized spacial score (nSPS) is 17.0. The fourth-order valence-electron chi connectivity index (χ4n) is 4.68. The van der Waals surface area contributed by atoms with Gasteiger partial charge in [-0.2, -0.15) is 0 Å². The number of benzene rings is 2. The molecule has 32 heavy (non-hydrogen) atoms. The summed E-state index contributed by atoms with van der Waals surface area (Å²) in [5.41, 5.74) is 5.27. The number of carboxylic acids is 1. The Labute approximate surface area is 188 Å². The molecule has 2 aromatic carbocycles. The van der Waals surface area contributed by atoms with Crippen molar-refractivity contribution in [3.8, 4) is 16.9 Å². The number of hydrogen-bond donors (Lipinski definition) is 1. The third kappa shape index (κ3) is 3.97. The van der Waals surface area contributed by atoms with Gasteiger partial charge in [0.15, 0.2) is 6.10 Å². The molecule has 1 aliphatic heterocycles. The summed E-state index contributed by atoms with van der Waals surface area (Å²) in [7, 11) is 0. The van der Waals surface area contributed by atoms with Crippen molar-refractivity contribution in [3.05, 3.63) is 59.3 Å². The molecule has 0 spiro atoms. The van der Waals surface area contributed by atoms with Crippen molar-refractivity contribution < 1.29 is 19.4 Å². The molecular formula is C27H29NO4. The monoisotopic (exact) mass is 431 g/mol. The van der Waals surface area contributed by atoms with Gasteiger partial charge >= 0.3 is 5.97 Å². The molecule has 1 fully saturated rings. The summed E-state index contributed by atoms with van der Waals surface area (Å²) in [6.07, 6.45) is 4.84. The Morgan fingerprint density at radius 3 is 2.75 bits per heavy atom. The van der Waals surface area contributed by atoms with Gasteiger partial charge in [-0.15, -0.1) is 0 Å². The third-order valence-electron chi connectivity index (χ3n) is 6.15. The van der Waals surface area contributed by atoms with E-state index in [4.69, 9.17) is 9.47 Å². The van der Waals surface area contributed by atoms with E-state index >= 15 is 0 Å². The number of aromatic nitrogens is 1. The molecule has 1 N–H and O–H groups in total. The van der Waals surface area contributed by atoms with Gasteiger partial charge in [0.1, 0.15) is 5.75 Å². The lowest BCUT2D eigenvalue weighted by atomic mass is 9.85. The molecule has 1 saturated carbocycles. The van der Waals surface area contributed by atoms with Gasteiger partial charge in [0.05, 0.1) is 17.7 Å². The molecule has 0 radical (unpaired) electrons. The smallest absolute Gasteiger partial charge is 0.337 e. The van der Waals surface area contributed by atoms with Gasteiger partial charge in [-0.05, 0) is 98.9 Å². The molecule has 5 nitrogen and oxygen atoms in total. The van der Waals surface area contributed by atoms with E-state index in [1.807, 2.05) is 39.0 Å². The summed E-state index contributed by atoms with van der Waals surface area (Å²) in [5.74, 6) is 0.366. The van der Waals surface area contributed by atoms with E-state index in [1.54, 1.807) is 6.20 Å². The highest BCUT2D eigenvalue weighted by Crippen LogP contribution is 2.50. The van der Waals surface area contributed by atoms with Crippen LogP contribution in [0.4, 0.5) is 0 Å². The summed E-state index contributed by atoms with van der Waals surface area (Å²) in [6, 6.07) is 12.2. The maximum atomic E-state index is 12.6. The van der Waals surface area contributed by atoms with Crippen molar-refractivity contribution in [2.45, 2.75) is 64.1 Å². The molecule has 1 aliphatic carbocycles. The van der Waals surface area contributed by atoms with Crippen molar-refractivity contribution in [3.63, 3.8) is 0 Å². The van der Waals surface area contributed by atoms with Crippen LogP contribution in [0, 0.1) is 0 Å². The zero-order chi connectivity index (χ0) is 22.5. The van der Waals surface area contributed by atoms with Crippen LogP contribution in [0.1, 0.15) is 68.7 Å². The van der Waals surface area contributed by atoms with E-state index in [2.05, 4.69) is 23.2 Å². The van der Waals surface area contributed by atoms with Crippen LogP contribution in [-0.2, 0) is 16.0 Å². The molecule has 0 bridgehead atoms. The number of carbonyl (C=O) groups is 1. The predicted molar refractivity (Wildman–Crippen MR) is 124 cm³/mol. The Kier molecular flexibility index (Phi) is 5.17. The second-order valence-corrected chi connectivity index (χ2v) is 9.82. The number of aryl methyl sites for hydroxylation is 1. The number of fused-ring (bicyclic) bond motifs is 2. The van der Waals surface area contributed by atoms with E-state index in [0.717, 1.165) is 60.1 Å². The van der Waals surface area contributed by atoms with E-state index < -0.39 is 17.7 Å². The molecule has 1 unspecified atom stereocenters. The molecule has 5 rings (SSSR count). The number of hydrogen-bond acceptors (Lipinski definition) is 4. The quantitative estimate of drug-likeness (QED) is 0.533. The Balaban J connectivity index is 1.82. The van der Waals surface area contributed by atoms with E-state index in [1.165, 1.54) is 11.1 Å². The lowest BCUT2D eigenvalue weighted by Gasteiger charge is -2.29. The summed E-state index contributed by atoms with van der Waals surface area (Å²) >= 11 is 0. The first-order valence-corrected chi connectivity index (χ1v) is 11.4. The highest BCUT2D eigenvalue weighted by Gasteiger charge is 2.35. The van der Waals surface area contributed by atoms with Gasteiger partial charge in [0, 0.05) is 17.1 Å². The summed E-state index contributed by atoms with van der Waals surface area (Å²) in [5, 5.41) is 11.1. The zero-order valence-electron chi connectivity index (χ0n) is 18.9. The van der Waals surface area contributed by atoms with Crippen molar-refractivity contribution in [1.82, 2.24) is 4.98 Å². The number of aliphatic carboxylic acids is 1. The minimum atomic E-state index is -1.09. The van der Waals surface area contributed by atoms with Crippen molar-refractivity contribution in [2.24, 2.45) is 0 Å². The maximum Gasteiger partial charge on any atom is 0.337 e. The Morgan fingerprint density at radius 1 is 1.22 bits per heavy atom. The topological polar surface area (TPSA) is 68.7 Å². The fourth-order valence-corrected chi connectivity index (χ4v) is 4.68. The van der Waals surface area contributed by atoms with Crippen LogP contribution in [0.2, 0.25) is 0 Å². The van der Waals surface area contributed by atoms with Crippen molar-refractivity contribution >= 4 is 16.9 Å². The zero-order valence-corrected chi connectivity index (χ0v) is 18.9. The minimum Gasteiger partial charge on any atom is -0.493 e. The van der Waals surface area contributed by atoms with Crippen LogP contribution in [0.25, 0.3) is 22.0 Å². The highest BCUT2D eigenvalue weighted by molar-refractivity contribution is 5.96. The van der Waals surface area contributed by atoms with E-state index in [9.17, 15) is 9.90 Å². The summed E-state index contributed by atoms with van der Waals surface area (Å²) in [6.45, 7) is 6.42. The fraction of sp³-hybridized carbons (Fsp3) is 0.407. The SMILES string of the molecule is CC(C)(C)OC(C(=O)O)c1c(-c2ccc3c(c2)CCCO3)c(C2CC2)cc2ncccc12. The molecule has 0 saturated heterocycles. The highest BCUT2D eigenvalue weighted by atomic mass is 16.5. The van der Waals surface area contributed by atoms with Crippen LogP contribution >= 0.6 is 0 Å². The first kappa shape index (κ1) is 21.0. The van der Waals surface area contributed by atoms with Crippen LogP contribution < -0.4 is 4.74 Å². The molecule has 5 heteroatoms. The summed E-state index contributed by atoms with van der Waals surface area (Å²) < 4.78 is 12.0. The second kappa shape index (κ2) is 7.89. The number of ether oxygens (including phenoxy) is 2. The molecule has 1 aromatic heterocycles. The van der Waals surface area contributed by atoms with Gasteiger partial charge in [-0.3, -0.25) is 4.98 Å². The first-order chi connectivity index (χ1) is 15.3. The molecule has 1 atom stereocenters. The van der Waals surface area contributed by atoms with Crippen LogP contribution in [0.15, 0.2) is 42.6 Å². The number of pyridine rings is 1. The van der Waals surface area contributed by atoms with Crippen molar-refractivity contribution in [1.29, 1.82) is 0 Å². The van der Waals surface area contributed by atoms with Gasteiger partial charge in [-0.1, -0.05) is 12.1 Å². The van der Waals surface area contributed by atoms with Crippen LogP contribution in [0.5, 0.6) is 5.75 Å². The largest absolute Gasteiger partial charge is 0.493 e. The average molecular weight is 432 g/mol. The predicted octanol–water partition coefficient (Wildman–Crippen LogP) is 6.05. The lowest BCUT2D eigenvalue weighted by Crippen LogP contribution is -2.28. The molecule has 0 amide bonds. The Morgan fingerprint density at radius 2 is 2.03 bits per heavy atom. The molecule has 2 aliphatic rings. The number of carboxylic acid groups (broad SMARTS) is 1. The van der Waals surface area contributed by atoms with Crippen molar-refractivity contribution in [2.75, 3.05) is 6.61 Å². The molecule has 166 valence electrons. The maximum absolute atomic E-state index is 12.6. The second-order valence-electron chi connectivity index (χ2n) is 9.82. The Bertz CT molecular complexity index is 1190. The molecule has 2 heterocycles. The average Bonchev–Trinajstić information content (AvgIpc) is 3.60. The van der Waals surface area contributed by atoms with Gasteiger partial charge in [0.25, 0.3) is 0 Å². The van der Waals surface area contributed by atoms with Crippen LogP contribution in [0.3, 0.4) is 0 Å². The van der Waals surface area contributed by atoms with Gasteiger partial charge in [0.2, 0.25) is 0 Å². The minimum absolute atomic E-state index is 0.423. The number of rotatable bonds is 5. The first-order valence-electron chi connectivity index (χ1n) is 11.4. The van der Waals surface area contributed by atoms with E-state index in [0.29, 0.717) is 11.5 Å².